The monoisotopic (exact) mass is 383 g/mol. The van der Waals surface area contributed by atoms with Gasteiger partial charge in [0, 0.05) is 55.9 Å². The van der Waals surface area contributed by atoms with Crippen molar-refractivity contribution in [2.75, 3.05) is 43.6 Å². The van der Waals surface area contributed by atoms with Crippen LogP contribution in [0.3, 0.4) is 0 Å². The van der Waals surface area contributed by atoms with Crippen LogP contribution in [0.1, 0.15) is 41.0 Å². The van der Waals surface area contributed by atoms with E-state index in [1.807, 2.05) is 24.3 Å². The molecule has 6 nitrogen and oxygen atoms in total. The highest BCUT2D eigenvalue weighted by Crippen LogP contribution is 2.18. The molecule has 0 aliphatic carbocycles. The molecule has 0 aromatic heterocycles. The van der Waals surface area contributed by atoms with Crippen LogP contribution in [-0.4, -0.2) is 45.2 Å². The van der Waals surface area contributed by atoms with Gasteiger partial charge >= 0.3 is 0 Å². The van der Waals surface area contributed by atoms with Crippen molar-refractivity contribution in [2.24, 2.45) is 0 Å². The van der Waals surface area contributed by atoms with Crippen LogP contribution in [0.15, 0.2) is 48.5 Å². The normalized spacial score (nSPS) is 10.4. The lowest BCUT2D eigenvalue weighted by molar-refractivity contribution is 0.0948. The van der Waals surface area contributed by atoms with E-state index in [0.717, 1.165) is 30.9 Å². The first-order valence-corrected chi connectivity index (χ1v) is 9.62. The van der Waals surface area contributed by atoms with E-state index in [1.165, 1.54) is 0 Å². The number of amides is 2. The molecule has 0 saturated carbocycles. The molecule has 0 fully saturated rings. The standard InChI is InChI=1S/C22H29N3O3/c1-4-25(5-2)20-12-10-19(11-13-20)24-22(27)18-9-6-8-17(16-18)21(26)23-14-7-15-28-3/h6,8-13,16H,4-5,7,14-15H2,1-3H3,(H,23,26)(H,24,27). The second-order valence-corrected chi connectivity index (χ2v) is 6.36. The fraction of sp³-hybridized carbons (Fsp3) is 0.364. The summed E-state index contributed by atoms with van der Waals surface area (Å²) < 4.78 is 4.96. The lowest BCUT2D eigenvalue weighted by Gasteiger charge is -2.21. The van der Waals surface area contributed by atoms with Crippen molar-refractivity contribution in [1.82, 2.24) is 5.32 Å². The van der Waals surface area contributed by atoms with Crippen LogP contribution in [0.4, 0.5) is 11.4 Å². The Kier molecular flexibility index (Phi) is 8.49. The number of hydrogen-bond acceptors (Lipinski definition) is 4. The molecule has 150 valence electrons. The van der Waals surface area contributed by atoms with E-state index in [4.69, 9.17) is 4.74 Å². The van der Waals surface area contributed by atoms with Crippen molar-refractivity contribution in [3.8, 4) is 0 Å². The Morgan fingerprint density at radius 1 is 0.964 bits per heavy atom. The molecule has 2 aromatic rings. The van der Waals surface area contributed by atoms with Gasteiger partial charge in [0.1, 0.15) is 0 Å². The fourth-order valence-corrected chi connectivity index (χ4v) is 2.87. The average Bonchev–Trinajstić information content (AvgIpc) is 2.73. The minimum absolute atomic E-state index is 0.200. The van der Waals surface area contributed by atoms with Gasteiger partial charge in [0.15, 0.2) is 0 Å². The second-order valence-electron chi connectivity index (χ2n) is 6.36. The number of ether oxygens (including phenoxy) is 1. The Labute approximate surface area is 166 Å². The summed E-state index contributed by atoms with van der Waals surface area (Å²) in [7, 11) is 1.63. The molecular formula is C22H29N3O3. The SMILES string of the molecule is CCN(CC)c1ccc(NC(=O)c2cccc(C(=O)NCCCOC)c2)cc1. The number of carbonyl (C=O) groups is 2. The van der Waals surface area contributed by atoms with Gasteiger partial charge in [0.25, 0.3) is 11.8 Å². The van der Waals surface area contributed by atoms with E-state index in [0.29, 0.717) is 24.3 Å². The predicted molar refractivity (Wildman–Crippen MR) is 113 cm³/mol. The van der Waals surface area contributed by atoms with Gasteiger partial charge in [-0.15, -0.1) is 0 Å². The van der Waals surface area contributed by atoms with Crippen molar-refractivity contribution in [3.05, 3.63) is 59.7 Å². The molecule has 2 aromatic carbocycles. The van der Waals surface area contributed by atoms with Crippen LogP contribution in [0.2, 0.25) is 0 Å². The van der Waals surface area contributed by atoms with Crippen LogP contribution >= 0.6 is 0 Å². The minimum Gasteiger partial charge on any atom is -0.385 e. The van der Waals surface area contributed by atoms with E-state index in [9.17, 15) is 9.59 Å². The molecule has 0 unspecified atom stereocenters. The number of carbonyl (C=O) groups excluding carboxylic acids is 2. The van der Waals surface area contributed by atoms with Crippen molar-refractivity contribution < 1.29 is 14.3 Å². The Morgan fingerprint density at radius 3 is 2.21 bits per heavy atom. The molecule has 0 aliphatic heterocycles. The highest BCUT2D eigenvalue weighted by Gasteiger charge is 2.11. The first-order valence-electron chi connectivity index (χ1n) is 9.62. The topological polar surface area (TPSA) is 70.7 Å². The van der Waals surface area contributed by atoms with E-state index in [2.05, 4.69) is 29.4 Å². The maximum absolute atomic E-state index is 12.5. The van der Waals surface area contributed by atoms with Crippen LogP contribution < -0.4 is 15.5 Å². The molecule has 0 radical (unpaired) electrons. The third-order valence-corrected chi connectivity index (χ3v) is 4.45. The van der Waals surface area contributed by atoms with Crippen molar-refractivity contribution in [1.29, 1.82) is 0 Å². The molecule has 0 heterocycles. The highest BCUT2D eigenvalue weighted by molar-refractivity contribution is 6.06. The number of hydrogen-bond donors (Lipinski definition) is 2. The maximum atomic E-state index is 12.5. The first-order chi connectivity index (χ1) is 13.6. The van der Waals surface area contributed by atoms with Gasteiger partial charge in [-0.3, -0.25) is 9.59 Å². The van der Waals surface area contributed by atoms with Crippen LogP contribution in [0.25, 0.3) is 0 Å². The smallest absolute Gasteiger partial charge is 0.255 e. The summed E-state index contributed by atoms with van der Waals surface area (Å²) in [5.74, 6) is -0.445. The fourth-order valence-electron chi connectivity index (χ4n) is 2.87. The third kappa shape index (κ3) is 6.09. The molecular weight excluding hydrogens is 354 g/mol. The van der Waals surface area contributed by atoms with Gasteiger partial charge in [0.05, 0.1) is 0 Å². The Balaban J connectivity index is 1.99. The van der Waals surface area contributed by atoms with Gasteiger partial charge in [-0.2, -0.15) is 0 Å². The summed E-state index contributed by atoms with van der Waals surface area (Å²) in [6.45, 7) is 7.21. The molecule has 2 amide bonds. The summed E-state index contributed by atoms with van der Waals surface area (Å²) in [6.07, 6.45) is 0.742. The van der Waals surface area contributed by atoms with Crippen LogP contribution in [-0.2, 0) is 4.74 Å². The summed E-state index contributed by atoms with van der Waals surface area (Å²) in [4.78, 5) is 27.0. The summed E-state index contributed by atoms with van der Waals surface area (Å²) in [5, 5.41) is 5.70. The zero-order valence-electron chi connectivity index (χ0n) is 16.8. The molecule has 0 atom stereocenters. The summed E-state index contributed by atoms with van der Waals surface area (Å²) in [5.41, 5.74) is 2.74. The van der Waals surface area contributed by atoms with Crippen molar-refractivity contribution in [3.63, 3.8) is 0 Å². The van der Waals surface area contributed by atoms with Gasteiger partial charge in [-0.25, -0.2) is 0 Å². The van der Waals surface area contributed by atoms with E-state index in [1.54, 1.807) is 31.4 Å². The lowest BCUT2D eigenvalue weighted by Crippen LogP contribution is -2.25. The number of anilines is 2. The molecule has 0 saturated heterocycles. The largest absolute Gasteiger partial charge is 0.385 e. The molecule has 2 N–H and O–H groups in total. The summed E-state index contributed by atoms with van der Waals surface area (Å²) >= 11 is 0. The number of methoxy groups -OCH3 is 1. The van der Waals surface area contributed by atoms with Crippen molar-refractivity contribution in [2.45, 2.75) is 20.3 Å². The molecule has 0 aliphatic rings. The third-order valence-electron chi connectivity index (χ3n) is 4.45. The van der Waals surface area contributed by atoms with Gasteiger partial charge in [-0.1, -0.05) is 6.07 Å². The first kappa shape index (κ1) is 21.4. The second kappa shape index (κ2) is 11.1. The number of nitrogens with zero attached hydrogens (tertiary/aromatic N) is 1. The minimum atomic E-state index is -0.246. The van der Waals surface area contributed by atoms with Crippen molar-refractivity contribution >= 4 is 23.2 Å². The Bertz CT molecular complexity index is 771. The predicted octanol–water partition coefficient (Wildman–Crippen LogP) is 3.55. The number of benzene rings is 2. The zero-order chi connectivity index (χ0) is 20.4. The van der Waals surface area contributed by atoms with E-state index >= 15 is 0 Å². The van der Waals surface area contributed by atoms with Crippen LogP contribution in [0.5, 0.6) is 0 Å². The average molecular weight is 383 g/mol. The zero-order valence-corrected chi connectivity index (χ0v) is 16.8. The molecule has 2 rings (SSSR count). The number of nitrogens with one attached hydrogen (secondary N) is 2. The molecule has 0 bridgehead atoms. The lowest BCUT2D eigenvalue weighted by atomic mass is 10.1. The van der Waals surface area contributed by atoms with E-state index < -0.39 is 0 Å². The Hall–Kier alpha value is -2.86. The van der Waals surface area contributed by atoms with Gasteiger partial charge in [0.2, 0.25) is 0 Å². The maximum Gasteiger partial charge on any atom is 0.255 e. The molecule has 6 heteroatoms. The van der Waals surface area contributed by atoms with Crippen LogP contribution in [0, 0.1) is 0 Å². The molecule has 0 spiro atoms. The van der Waals surface area contributed by atoms with E-state index in [-0.39, 0.29) is 11.8 Å². The van der Waals surface area contributed by atoms with Gasteiger partial charge < -0.3 is 20.3 Å². The Morgan fingerprint density at radius 2 is 1.61 bits per heavy atom. The number of rotatable bonds is 10. The highest BCUT2D eigenvalue weighted by atomic mass is 16.5. The van der Waals surface area contributed by atoms with Gasteiger partial charge in [-0.05, 0) is 62.7 Å². The molecule has 28 heavy (non-hydrogen) atoms. The summed E-state index contributed by atoms with van der Waals surface area (Å²) in [6, 6.07) is 14.5. The quantitative estimate of drug-likeness (QED) is 0.616.